The van der Waals surface area contributed by atoms with Crippen molar-refractivity contribution in [3.63, 3.8) is 0 Å². The number of nitrogens with one attached hydrogen (secondary N) is 2. The van der Waals surface area contributed by atoms with Crippen molar-refractivity contribution < 1.29 is 14.3 Å². The summed E-state index contributed by atoms with van der Waals surface area (Å²) in [4.78, 5) is 16.4. The molecule has 1 aromatic carbocycles. The topological polar surface area (TPSA) is 72.5 Å². The second-order valence-corrected chi connectivity index (χ2v) is 6.31. The standard InChI is InChI=1S/C20H25N3O3/c1-25-17-5-2-4-15(12-17)9-10-21-16-7-8-19(22-13-16)20(24)23-14-18-6-3-11-26-18/h2,4-5,7-8,12-13,18,21H,3,6,9-11,14H2,1H3,(H,23,24). The van der Waals surface area contributed by atoms with Gasteiger partial charge >= 0.3 is 0 Å². The van der Waals surface area contributed by atoms with Crippen molar-refractivity contribution in [2.75, 3.05) is 32.1 Å². The van der Waals surface area contributed by atoms with Crippen LogP contribution in [0.15, 0.2) is 42.6 Å². The molecule has 2 N–H and O–H groups in total. The molecule has 6 heteroatoms. The number of amides is 1. The molecule has 1 aliphatic rings. The van der Waals surface area contributed by atoms with Gasteiger partial charge in [0.15, 0.2) is 0 Å². The van der Waals surface area contributed by atoms with E-state index in [1.165, 1.54) is 5.56 Å². The minimum absolute atomic E-state index is 0.136. The largest absolute Gasteiger partial charge is 0.497 e. The van der Waals surface area contributed by atoms with E-state index >= 15 is 0 Å². The Morgan fingerprint density at radius 2 is 2.27 bits per heavy atom. The van der Waals surface area contributed by atoms with Crippen molar-refractivity contribution in [1.29, 1.82) is 0 Å². The zero-order valence-electron chi connectivity index (χ0n) is 15.0. The summed E-state index contributed by atoms with van der Waals surface area (Å²) < 4.78 is 10.7. The van der Waals surface area contributed by atoms with E-state index in [1.807, 2.05) is 24.3 Å². The maximum Gasteiger partial charge on any atom is 0.269 e. The number of ether oxygens (including phenoxy) is 2. The molecule has 138 valence electrons. The summed E-state index contributed by atoms with van der Waals surface area (Å²) in [6.07, 6.45) is 4.77. The van der Waals surface area contributed by atoms with E-state index in [0.29, 0.717) is 12.2 Å². The molecule has 1 atom stereocenters. The molecule has 6 nitrogen and oxygen atoms in total. The van der Waals surface area contributed by atoms with Crippen molar-refractivity contribution >= 4 is 11.6 Å². The molecule has 3 rings (SSSR count). The van der Waals surface area contributed by atoms with Crippen molar-refractivity contribution in [1.82, 2.24) is 10.3 Å². The summed E-state index contributed by atoms with van der Waals surface area (Å²) in [5.74, 6) is 0.700. The molecule has 1 fully saturated rings. The molecule has 0 radical (unpaired) electrons. The Labute approximate surface area is 153 Å². The van der Waals surface area contributed by atoms with Crippen LogP contribution in [-0.4, -0.2) is 43.8 Å². The number of benzene rings is 1. The van der Waals surface area contributed by atoms with Crippen LogP contribution in [-0.2, 0) is 11.2 Å². The van der Waals surface area contributed by atoms with Gasteiger partial charge in [-0.05, 0) is 49.1 Å². The number of pyridine rings is 1. The Hall–Kier alpha value is -2.60. The SMILES string of the molecule is COc1cccc(CCNc2ccc(C(=O)NCC3CCCO3)nc2)c1. The Balaban J connectivity index is 1.44. The summed E-state index contributed by atoms with van der Waals surface area (Å²) in [5.41, 5.74) is 2.51. The summed E-state index contributed by atoms with van der Waals surface area (Å²) in [6.45, 7) is 2.11. The summed E-state index contributed by atoms with van der Waals surface area (Å²) in [6, 6.07) is 11.6. The molecule has 1 amide bonds. The molecule has 1 aromatic heterocycles. The lowest BCUT2D eigenvalue weighted by Gasteiger charge is -2.11. The number of hydrogen-bond acceptors (Lipinski definition) is 5. The molecular formula is C20H25N3O3. The fourth-order valence-corrected chi connectivity index (χ4v) is 2.91. The van der Waals surface area contributed by atoms with Gasteiger partial charge in [0.2, 0.25) is 0 Å². The number of nitrogens with zero attached hydrogens (tertiary/aromatic N) is 1. The highest BCUT2D eigenvalue weighted by molar-refractivity contribution is 5.92. The van der Waals surface area contributed by atoms with Gasteiger partial charge in [0.1, 0.15) is 11.4 Å². The van der Waals surface area contributed by atoms with Crippen molar-refractivity contribution in [3.05, 3.63) is 53.9 Å². The van der Waals surface area contributed by atoms with Crippen LogP contribution in [0.1, 0.15) is 28.9 Å². The van der Waals surface area contributed by atoms with E-state index < -0.39 is 0 Å². The van der Waals surface area contributed by atoms with Gasteiger partial charge in [0.25, 0.3) is 5.91 Å². The van der Waals surface area contributed by atoms with Crippen LogP contribution in [0.5, 0.6) is 5.75 Å². The van der Waals surface area contributed by atoms with Gasteiger partial charge in [-0.1, -0.05) is 12.1 Å². The highest BCUT2D eigenvalue weighted by Crippen LogP contribution is 2.14. The molecule has 1 unspecified atom stereocenters. The van der Waals surface area contributed by atoms with E-state index in [-0.39, 0.29) is 12.0 Å². The van der Waals surface area contributed by atoms with E-state index in [0.717, 1.165) is 43.9 Å². The van der Waals surface area contributed by atoms with Crippen LogP contribution in [0, 0.1) is 0 Å². The lowest BCUT2D eigenvalue weighted by Crippen LogP contribution is -2.32. The molecule has 1 saturated heterocycles. The summed E-state index contributed by atoms with van der Waals surface area (Å²) >= 11 is 0. The van der Waals surface area contributed by atoms with Crippen molar-refractivity contribution in [2.24, 2.45) is 0 Å². The number of anilines is 1. The fourth-order valence-electron chi connectivity index (χ4n) is 2.91. The predicted molar refractivity (Wildman–Crippen MR) is 101 cm³/mol. The third-order valence-corrected chi connectivity index (χ3v) is 4.39. The number of carbonyl (C=O) groups excluding carboxylic acids is 1. The van der Waals surface area contributed by atoms with Gasteiger partial charge in [-0.3, -0.25) is 4.79 Å². The highest BCUT2D eigenvalue weighted by atomic mass is 16.5. The van der Waals surface area contributed by atoms with Gasteiger partial charge in [-0.15, -0.1) is 0 Å². The zero-order valence-corrected chi connectivity index (χ0v) is 15.0. The van der Waals surface area contributed by atoms with Crippen LogP contribution >= 0.6 is 0 Å². The second kappa shape index (κ2) is 9.20. The first-order valence-corrected chi connectivity index (χ1v) is 8.97. The zero-order chi connectivity index (χ0) is 18.2. The quantitative estimate of drug-likeness (QED) is 0.762. The van der Waals surface area contributed by atoms with Gasteiger partial charge in [-0.2, -0.15) is 0 Å². The third kappa shape index (κ3) is 5.20. The average Bonchev–Trinajstić information content (AvgIpc) is 3.20. The lowest BCUT2D eigenvalue weighted by molar-refractivity contribution is 0.0854. The molecule has 0 aliphatic carbocycles. The monoisotopic (exact) mass is 355 g/mol. The van der Waals surface area contributed by atoms with Crippen molar-refractivity contribution in [2.45, 2.75) is 25.4 Å². The van der Waals surface area contributed by atoms with Gasteiger partial charge in [-0.25, -0.2) is 4.98 Å². The third-order valence-electron chi connectivity index (χ3n) is 4.39. The van der Waals surface area contributed by atoms with Crippen LogP contribution in [0.3, 0.4) is 0 Å². The molecule has 2 aromatic rings. The molecule has 0 spiro atoms. The summed E-state index contributed by atoms with van der Waals surface area (Å²) in [5, 5.41) is 6.20. The van der Waals surface area contributed by atoms with Crippen LogP contribution in [0.25, 0.3) is 0 Å². The molecule has 2 heterocycles. The van der Waals surface area contributed by atoms with Crippen molar-refractivity contribution in [3.8, 4) is 5.75 Å². The number of hydrogen-bond donors (Lipinski definition) is 2. The van der Waals surface area contributed by atoms with E-state index in [1.54, 1.807) is 19.4 Å². The van der Waals surface area contributed by atoms with Gasteiger partial charge in [0.05, 0.1) is 25.1 Å². The number of rotatable bonds is 8. The fraction of sp³-hybridized carbons (Fsp3) is 0.400. The molecule has 26 heavy (non-hydrogen) atoms. The number of aromatic nitrogens is 1. The van der Waals surface area contributed by atoms with E-state index in [4.69, 9.17) is 9.47 Å². The van der Waals surface area contributed by atoms with E-state index in [9.17, 15) is 4.79 Å². The first kappa shape index (κ1) is 18.2. The first-order chi connectivity index (χ1) is 12.7. The molecule has 0 saturated carbocycles. The molecule has 1 aliphatic heterocycles. The number of methoxy groups -OCH3 is 1. The van der Waals surface area contributed by atoms with Crippen LogP contribution in [0.2, 0.25) is 0 Å². The minimum atomic E-state index is -0.163. The number of carbonyl (C=O) groups is 1. The smallest absolute Gasteiger partial charge is 0.269 e. The first-order valence-electron chi connectivity index (χ1n) is 8.97. The lowest BCUT2D eigenvalue weighted by atomic mass is 10.1. The Kier molecular flexibility index (Phi) is 6.44. The maximum absolute atomic E-state index is 12.1. The van der Waals surface area contributed by atoms with E-state index in [2.05, 4.69) is 21.7 Å². The van der Waals surface area contributed by atoms with Gasteiger partial charge in [0, 0.05) is 19.7 Å². The minimum Gasteiger partial charge on any atom is -0.497 e. The van der Waals surface area contributed by atoms with Crippen LogP contribution in [0.4, 0.5) is 5.69 Å². The molecule has 0 bridgehead atoms. The Bertz CT molecular complexity index is 712. The molecular weight excluding hydrogens is 330 g/mol. The second-order valence-electron chi connectivity index (χ2n) is 6.31. The normalized spacial score (nSPS) is 16.3. The van der Waals surface area contributed by atoms with Gasteiger partial charge < -0.3 is 20.1 Å². The maximum atomic E-state index is 12.1. The highest BCUT2D eigenvalue weighted by Gasteiger charge is 2.17. The van der Waals surface area contributed by atoms with Crippen LogP contribution < -0.4 is 15.4 Å². The average molecular weight is 355 g/mol. The summed E-state index contributed by atoms with van der Waals surface area (Å²) in [7, 11) is 1.67. The Morgan fingerprint density at radius 3 is 3.00 bits per heavy atom. The Morgan fingerprint density at radius 1 is 1.35 bits per heavy atom. The predicted octanol–water partition coefficient (Wildman–Crippen LogP) is 2.65.